The molecule has 0 radical (unpaired) electrons. The topological polar surface area (TPSA) is 82.0 Å². The van der Waals surface area contributed by atoms with E-state index in [0.29, 0.717) is 6.42 Å². The fourth-order valence-corrected chi connectivity index (χ4v) is 3.32. The summed E-state index contributed by atoms with van der Waals surface area (Å²) < 4.78 is 10.9. The van der Waals surface area contributed by atoms with E-state index >= 15 is 0 Å². The number of benzene rings is 1. The smallest absolute Gasteiger partial charge is 0.263 e. The van der Waals surface area contributed by atoms with Gasteiger partial charge in [0, 0.05) is 29.5 Å². The van der Waals surface area contributed by atoms with Crippen LogP contribution in [0.5, 0.6) is 0 Å². The standard InChI is InChI=1S/C23H23N3O3/c1-16-8-9-17-14-18(10-11-19(17)26-16)21-15-25-22(29-21)7-5-3-2-4-6-20(27)23-24-12-13-28-23/h8-15H,2-7H2,1H3. The number of aromatic nitrogens is 3. The van der Waals surface area contributed by atoms with E-state index in [1.165, 1.54) is 12.5 Å². The first-order valence-corrected chi connectivity index (χ1v) is 9.94. The number of fused-ring (bicyclic) bond motifs is 1. The molecule has 0 saturated heterocycles. The molecule has 6 nitrogen and oxygen atoms in total. The molecule has 0 N–H and O–H groups in total. The molecule has 0 aliphatic carbocycles. The lowest BCUT2D eigenvalue weighted by molar-refractivity contribution is 0.0945. The number of rotatable bonds is 9. The Morgan fingerprint density at radius 3 is 2.79 bits per heavy atom. The molecule has 4 aromatic rings. The fraction of sp³-hybridized carbons (Fsp3) is 0.304. The Morgan fingerprint density at radius 2 is 1.93 bits per heavy atom. The van der Waals surface area contributed by atoms with Crippen molar-refractivity contribution in [1.82, 2.24) is 15.0 Å². The number of nitrogens with zero attached hydrogens (tertiary/aromatic N) is 3. The van der Waals surface area contributed by atoms with Crippen molar-refractivity contribution >= 4 is 16.7 Å². The van der Waals surface area contributed by atoms with Crippen LogP contribution < -0.4 is 0 Å². The second-order valence-electron chi connectivity index (χ2n) is 7.15. The summed E-state index contributed by atoms with van der Waals surface area (Å²) >= 11 is 0. The van der Waals surface area contributed by atoms with Crippen molar-refractivity contribution in [2.24, 2.45) is 0 Å². The van der Waals surface area contributed by atoms with Gasteiger partial charge in [-0.2, -0.15) is 0 Å². The molecule has 0 atom stereocenters. The van der Waals surface area contributed by atoms with E-state index in [2.05, 4.69) is 27.1 Å². The number of Topliss-reactive ketones (excluding diaryl/α,β-unsaturated/α-hetero) is 1. The summed E-state index contributed by atoms with van der Waals surface area (Å²) in [4.78, 5) is 24.6. The number of ketones is 1. The second kappa shape index (κ2) is 8.82. The average molecular weight is 389 g/mol. The maximum absolute atomic E-state index is 11.8. The number of oxazole rings is 2. The number of aryl methyl sites for hydroxylation is 2. The zero-order chi connectivity index (χ0) is 20.1. The molecule has 0 amide bonds. The van der Waals surface area contributed by atoms with Crippen LogP contribution >= 0.6 is 0 Å². The monoisotopic (exact) mass is 389 g/mol. The Morgan fingerprint density at radius 1 is 1.03 bits per heavy atom. The molecule has 0 saturated carbocycles. The summed E-state index contributed by atoms with van der Waals surface area (Å²) in [7, 11) is 0. The molecule has 1 aromatic carbocycles. The number of carbonyl (C=O) groups is 1. The minimum absolute atomic E-state index is 0.0342. The van der Waals surface area contributed by atoms with E-state index in [0.717, 1.165) is 65.9 Å². The van der Waals surface area contributed by atoms with Gasteiger partial charge in [0.05, 0.1) is 17.9 Å². The highest BCUT2D eigenvalue weighted by Gasteiger charge is 2.10. The molecule has 3 heterocycles. The zero-order valence-corrected chi connectivity index (χ0v) is 16.4. The first-order valence-electron chi connectivity index (χ1n) is 9.94. The molecular formula is C23H23N3O3. The summed E-state index contributed by atoms with van der Waals surface area (Å²) in [6.45, 7) is 1.99. The Balaban J connectivity index is 1.24. The van der Waals surface area contributed by atoms with Crippen LogP contribution in [-0.4, -0.2) is 20.7 Å². The largest absolute Gasteiger partial charge is 0.442 e. The van der Waals surface area contributed by atoms with Crippen LogP contribution in [0.2, 0.25) is 0 Å². The van der Waals surface area contributed by atoms with Crippen LogP contribution in [0.4, 0.5) is 0 Å². The minimum atomic E-state index is -0.0342. The van der Waals surface area contributed by atoms with Crippen LogP contribution in [-0.2, 0) is 6.42 Å². The number of hydrogen-bond acceptors (Lipinski definition) is 6. The molecule has 6 heteroatoms. The maximum Gasteiger partial charge on any atom is 0.263 e. The summed E-state index contributed by atoms with van der Waals surface area (Å²) in [5.41, 5.74) is 3.00. The van der Waals surface area contributed by atoms with Crippen LogP contribution in [0, 0.1) is 6.92 Å². The lowest BCUT2D eigenvalue weighted by Gasteiger charge is -2.02. The van der Waals surface area contributed by atoms with Crippen molar-refractivity contribution in [2.75, 3.05) is 0 Å². The quantitative estimate of drug-likeness (QED) is 0.275. The molecule has 0 unspecified atom stereocenters. The van der Waals surface area contributed by atoms with Gasteiger partial charge >= 0.3 is 0 Å². The number of pyridine rings is 1. The highest BCUT2D eigenvalue weighted by atomic mass is 16.4. The van der Waals surface area contributed by atoms with Crippen LogP contribution in [0.25, 0.3) is 22.2 Å². The Bertz CT molecular complexity index is 1100. The van der Waals surface area contributed by atoms with Crippen molar-refractivity contribution in [3.63, 3.8) is 0 Å². The Hall–Kier alpha value is -3.28. The Kier molecular flexibility index (Phi) is 5.79. The molecular weight excluding hydrogens is 366 g/mol. The van der Waals surface area contributed by atoms with E-state index < -0.39 is 0 Å². The third kappa shape index (κ3) is 4.77. The molecule has 4 rings (SSSR count). The van der Waals surface area contributed by atoms with Gasteiger partial charge in [0.2, 0.25) is 5.78 Å². The van der Waals surface area contributed by atoms with E-state index in [9.17, 15) is 4.79 Å². The van der Waals surface area contributed by atoms with E-state index in [1.807, 2.05) is 25.1 Å². The predicted octanol–water partition coefficient (Wildman–Crippen LogP) is 5.56. The molecule has 29 heavy (non-hydrogen) atoms. The summed E-state index contributed by atoms with van der Waals surface area (Å²) in [5, 5.41) is 1.09. The Labute approximate surface area is 169 Å². The normalized spacial score (nSPS) is 11.2. The van der Waals surface area contributed by atoms with Gasteiger partial charge in [0.1, 0.15) is 6.26 Å². The highest BCUT2D eigenvalue weighted by Crippen LogP contribution is 2.25. The van der Waals surface area contributed by atoms with Crippen LogP contribution in [0.15, 0.2) is 57.8 Å². The molecule has 148 valence electrons. The van der Waals surface area contributed by atoms with Crippen molar-refractivity contribution in [3.05, 3.63) is 66.5 Å². The van der Waals surface area contributed by atoms with Gasteiger partial charge in [-0.05, 0) is 44.0 Å². The van der Waals surface area contributed by atoms with Gasteiger partial charge in [-0.15, -0.1) is 0 Å². The number of hydrogen-bond donors (Lipinski definition) is 0. The van der Waals surface area contributed by atoms with Gasteiger partial charge in [0.15, 0.2) is 11.7 Å². The van der Waals surface area contributed by atoms with Crippen molar-refractivity contribution in [1.29, 1.82) is 0 Å². The summed E-state index contributed by atoms with van der Waals surface area (Å²) in [6, 6.07) is 10.2. The van der Waals surface area contributed by atoms with Crippen molar-refractivity contribution in [2.45, 2.75) is 45.4 Å². The maximum atomic E-state index is 11.8. The van der Waals surface area contributed by atoms with Crippen molar-refractivity contribution in [3.8, 4) is 11.3 Å². The minimum Gasteiger partial charge on any atom is -0.442 e. The molecule has 0 aliphatic heterocycles. The zero-order valence-electron chi connectivity index (χ0n) is 16.4. The molecule has 0 bridgehead atoms. The molecule has 0 aliphatic rings. The van der Waals surface area contributed by atoms with Gasteiger partial charge in [-0.3, -0.25) is 9.78 Å². The first kappa shape index (κ1) is 19.1. The van der Waals surface area contributed by atoms with Gasteiger partial charge < -0.3 is 8.83 Å². The first-order chi connectivity index (χ1) is 14.2. The van der Waals surface area contributed by atoms with Crippen LogP contribution in [0.3, 0.4) is 0 Å². The fourth-order valence-electron chi connectivity index (χ4n) is 3.32. The lowest BCUT2D eigenvalue weighted by Crippen LogP contribution is -1.98. The third-order valence-corrected chi connectivity index (χ3v) is 4.88. The van der Waals surface area contributed by atoms with E-state index in [1.54, 1.807) is 6.20 Å². The van der Waals surface area contributed by atoms with E-state index in [-0.39, 0.29) is 11.7 Å². The molecule has 3 aromatic heterocycles. The highest BCUT2D eigenvalue weighted by molar-refractivity contribution is 5.91. The average Bonchev–Trinajstić information content (AvgIpc) is 3.42. The summed E-state index contributed by atoms with van der Waals surface area (Å²) in [6.07, 6.45) is 9.79. The second-order valence-corrected chi connectivity index (χ2v) is 7.15. The molecule has 0 fully saturated rings. The van der Waals surface area contributed by atoms with Gasteiger partial charge in [0.25, 0.3) is 5.89 Å². The van der Waals surface area contributed by atoms with E-state index in [4.69, 9.17) is 8.83 Å². The lowest BCUT2D eigenvalue weighted by atomic mass is 10.1. The van der Waals surface area contributed by atoms with Gasteiger partial charge in [-0.25, -0.2) is 9.97 Å². The molecule has 0 spiro atoms. The van der Waals surface area contributed by atoms with Gasteiger partial charge in [-0.1, -0.05) is 18.9 Å². The van der Waals surface area contributed by atoms with Crippen LogP contribution in [0.1, 0.15) is 54.4 Å². The van der Waals surface area contributed by atoms with Crippen molar-refractivity contribution < 1.29 is 13.6 Å². The SMILES string of the molecule is Cc1ccc2cc(-c3cnc(CCCCCCC(=O)c4ncco4)o3)ccc2n1. The predicted molar refractivity (Wildman–Crippen MR) is 110 cm³/mol. The summed E-state index contributed by atoms with van der Waals surface area (Å²) in [5.74, 6) is 1.70. The number of unbranched alkanes of at least 4 members (excludes halogenated alkanes) is 3. The number of carbonyl (C=O) groups excluding carboxylic acids is 1. The third-order valence-electron chi connectivity index (χ3n) is 4.88.